The zero-order valence-electron chi connectivity index (χ0n) is 21.8. The van der Waals surface area contributed by atoms with Gasteiger partial charge in [-0.15, -0.1) is 0 Å². The Hall–Kier alpha value is -1.57. The quantitative estimate of drug-likeness (QED) is 0.177. The molecule has 0 aromatic carbocycles. The van der Waals surface area contributed by atoms with E-state index in [2.05, 4.69) is 54.4 Å². The number of nitrogens with two attached hydrogens (primary N) is 1. The van der Waals surface area contributed by atoms with Gasteiger partial charge in [-0.25, -0.2) is 29.3 Å². The van der Waals surface area contributed by atoms with E-state index in [0.717, 1.165) is 0 Å². The van der Waals surface area contributed by atoms with Crippen LogP contribution < -0.4 is 11.3 Å². The van der Waals surface area contributed by atoms with Gasteiger partial charge in [-0.1, -0.05) is 24.5 Å². The van der Waals surface area contributed by atoms with Crippen molar-refractivity contribution >= 4 is 87.6 Å². The number of halogens is 1. The SMILES string of the molecule is Nc1ncnc2c1ncn2[C@@H]1O[C@@H]2COP(=S)(S)OC[C@@H]3[C@@H](COP(=S)(S)O[C@H]2[C@H]1F)C[C@H]3n1cnc2c(=O)[nH]cnc21. The molecule has 9 atom stereocenters. The zero-order chi connectivity index (χ0) is 30.1. The highest BCUT2D eigenvalue weighted by atomic mass is 32.9. The summed E-state index contributed by atoms with van der Waals surface area (Å²) in [5, 5.41) is 0. The summed E-state index contributed by atoms with van der Waals surface area (Å²) in [6, 6.07) is -0.124. The molecule has 2 aliphatic heterocycles. The van der Waals surface area contributed by atoms with Crippen molar-refractivity contribution < 1.29 is 27.2 Å². The Bertz CT molecular complexity index is 1860. The number of rotatable bonds is 2. The molecule has 2 unspecified atom stereocenters. The van der Waals surface area contributed by atoms with Crippen LogP contribution in [0.25, 0.3) is 22.3 Å². The fourth-order valence-corrected chi connectivity index (χ4v) is 9.18. The van der Waals surface area contributed by atoms with Gasteiger partial charge in [0.2, 0.25) is 11.4 Å². The molecule has 3 N–H and O–H groups in total. The lowest BCUT2D eigenvalue weighted by Crippen LogP contribution is -2.43. The lowest BCUT2D eigenvalue weighted by Gasteiger charge is -2.45. The maximum Gasteiger partial charge on any atom is 0.278 e. The number of aromatic nitrogens is 8. The number of aromatic amines is 1. The van der Waals surface area contributed by atoms with Gasteiger partial charge in [-0.2, -0.15) is 0 Å². The second-order valence-electron chi connectivity index (χ2n) is 10.3. The largest absolute Gasteiger partial charge is 0.382 e. The third-order valence-electron chi connectivity index (χ3n) is 7.83. The molecule has 2 saturated heterocycles. The predicted molar refractivity (Wildman–Crippen MR) is 167 cm³/mol. The predicted octanol–water partition coefficient (Wildman–Crippen LogP) is 2.71. The molecule has 0 radical (unpaired) electrons. The van der Waals surface area contributed by atoms with Crippen molar-refractivity contribution in [2.24, 2.45) is 11.8 Å². The number of thiol groups is 2. The summed E-state index contributed by atoms with van der Waals surface area (Å²) in [5.74, 6) is -0.0496. The second-order valence-corrected chi connectivity index (χ2v) is 20.8. The van der Waals surface area contributed by atoms with E-state index in [0.29, 0.717) is 17.6 Å². The Kier molecular flexibility index (Phi) is 7.94. The molecule has 4 aromatic rings. The van der Waals surface area contributed by atoms with Gasteiger partial charge in [-0.05, 0) is 36.0 Å². The van der Waals surface area contributed by atoms with Crippen LogP contribution in [0.2, 0.25) is 0 Å². The number of fused-ring (bicyclic) bond motifs is 4. The third kappa shape index (κ3) is 5.58. The number of nitrogens with one attached hydrogen (secondary N) is 1. The average molecular weight is 708 g/mol. The number of ether oxygens (including phenoxy) is 1. The lowest BCUT2D eigenvalue weighted by molar-refractivity contribution is -0.0387. The van der Waals surface area contributed by atoms with Crippen LogP contribution in [0.15, 0.2) is 30.1 Å². The van der Waals surface area contributed by atoms with Crippen molar-refractivity contribution in [2.45, 2.75) is 37.1 Å². The molecular weight excluding hydrogens is 684 g/mol. The number of nitrogen functional groups attached to an aromatic ring is 1. The van der Waals surface area contributed by atoms with E-state index >= 15 is 4.39 Å². The first-order valence-corrected chi connectivity index (χ1v) is 20.5. The van der Waals surface area contributed by atoms with Crippen LogP contribution in [0.5, 0.6) is 0 Å². The molecule has 22 heteroatoms. The Morgan fingerprint density at radius 1 is 0.977 bits per heavy atom. The maximum absolute atomic E-state index is 16.1. The van der Waals surface area contributed by atoms with E-state index < -0.39 is 36.0 Å². The summed E-state index contributed by atoms with van der Waals surface area (Å²) in [5.41, 5.74) is 0.444. The molecule has 7 rings (SSSR count). The van der Waals surface area contributed by atoms with E-state index in [4.69, 9.17) is 52.2 Å². The van der Waals surface area contributed by atoms with Gasteiger partial charge >= 0.3 is 0 Å². The molecule has 15 nitrogen and oxygen atoms in total. The highest BCUT2D eigenvalue weighted by Gasteiger charge is 2.51. The molecule has 230 valence electrons. The van der Waals surface area contributed by atoms with Crippen molar-refractivity contribution in [1.29, 1.82) is 0 Å². The van der Waals surface area contributed by atoms with Crippen LogP contribution in [0, 0.1) is 11.8 Å². The van der Waals surface area contributed by atoms with Gasteiger partial charge in [-0.3, -0.25) is 9.36 Å². The minimum Gasteiger partial charge on any atom is -0.382 e. The smallest absolute Gasteiger partial charge is 0.278 e. The molecule has 43 heavy (non-hydrogen) atoms. The van der Waals surface area contributed by atoms with Gasteiger partial charge in [0.25, 0.3) is 5.56 Å². The van der Waals surface area contributed by atoms with E-state index in [9.17, 15) is 4.79 Å². The highest BCUT2D eigenvalue weighted by Crippen LogP contribution is 2.61. The molecule has 3 aliphatic rings. The standard InChI is InChI=1S/C21H24FN9O6P2S4/c22-13-16-12(36-21(13)31-8-28-14-17(23)24-5-25-18(14)31)4-35-38(40,41)34-3-10-9(2-33-39(42,43)37-16)1-11(10)30-7-29-15-19(30)26-6-27-20(15)32/h5-13,16,21H,1-4H2,(H,40,41)(H,42,43)(H2,23,24,25)(H,26,27,32)/t9-,10-,11-,12-,13-,16-,21-/m1/s1. The molecule has 3 fully saturated rings. The first-order valence-electron chi connectivity index (χ1n) is 12.9. The average Bonchev–Trinajstić information content (AvgIpc) is 3.64. The summed E-state index contributed by atoms with van der Waals surface area (Å²) >= 11 is 20.2. The number of alkyl halides is 1. The summed E-state index contributed by atoms with van der Waals surface area (Å²) in [4.78, 5) is 35.6. The first kappa shape index (κ1) is 30.1. The summed E-state index contributed by atoms with van der Waals surface area (Å²) < 4.78 is 49.5. The van der Waals surface area contributed by atoms with Crippen LogP contribution in [0.3, 0.4) is 0 Å². The Morgan fingerprint density at radius 3 is 2.53 bits per heavy atom. The van der Waals surface area contributed by atoms with Gasteiger partial charge < -0.3 is 38.1 Å². The fourth-order valence-electron chi connectivity index (χ4n) is 5.64. The molecule has 0 spiro atoms. The fraction of sp³-hybridized carbons (Fsp3) is 0.524. The number of anilines is 1. The monoisotopic (exact) mass is 707 g/mol. The minimum atomic E-state index is -3.28. The normalized spacial score (nSPS) is 37.1. The van der Waals surface area contributed by atoms with Gasteiger partial charge in [0.05, 0.1) is 38.8 Å². The third-order valence-corrected chi connectivity index (χ3v) is 12.3. The topological polar surface area (TPSA) is 179 Å². The van der Waals surface area contributed by atoms with E-state index in [1.54, 1.807) is 6.33 Å². The first-order chi connectivity index (χ1) is 20.5. The second kappa shape index (κ2) is 11.3. The van der Waals surface area contributed by atoms with E-state index in [1.165, 1.54) is 23.5 Å². The number of hydrogen-bond donors (Lipinski definition) is 4. The molecule has 0 amide bonds. The molecule has 4 aromatic heterocycles. The van der Waals surface area contributed by atoms with Crippen molar-refractivity contribution in [1.82, 2.24) is 39.0 Å². The van der Waals surface area contributed by atoms with Crippen molar-refractivity contribution in [3.05, 3.63) is 35.7 Å². The van der Waals surface area contributed by atoms with Crippen LogP contribution in [0.4, 0.5) is 10.2 Å². The summed E-state index contributed by atoms with van der Waals surface area (Å²) in [6.45, 7) is 0.138. The molecule has 0 bridgehead atoms. The number of H-pyrrole nitrogens is 1. The van der Waals surface area contributed by atoms with Crippen LogP contribution in [0.1, 0.15) is 18.7 Å². The summed E-state index contributed by atoms with van der Waals surface area (Å²) in [6.07, 6.45) is 1.03. The number of nitrogens with zero attached hydrogens (tertiary/aromatic N) is 7. The van der Waals surface area contributed by atoms with Gasteiger partial charge in [0.15, 0.2) is 35.0 Å². The Morgan fingerprint density at radius 2 is 1.70 bits per heavy atom. The van der Waals surface area contributed by atoms with Crippen molar-refractivity contribution in [2.75, 3.05) is 25.6 Å². The van der Waals surface area contributed by atoms with E-state index in [-0.39, 0.29) is 60.2 Å². The molecule has 1 aliphatic carbocycles. The zero-order valence-corrected chi connectivity index (χ0v) is 27.0. The van der Waals surface area contributed by atoms with Crippen LogP contribution in [-0.4, -0.2) is 77.2 Å². The molecular formula is C21H24FN9O6P2S4. The van der Waals surface area contributed by atoms with E-state index in [1.807, 2.05) is 4.57 Å². The minimum absolute atomic E-state index is 0.0568. The number of imidazole rings is 2. The molecule has 1 saturated carbocycles. The Labute approximate surface area is 263 Å². The van der Waals surface area contributed by atoms with Gasteiger partial charge in [0, 0.05) is 12.0 Å². The van der Waals surface area contributed by atoms with Crippen LogP contribution in [-0.2, 0) is 46.4 Å². The summed E-state index contributed by atoms with van der Waals surface area (Å²) in [7, 11) is 0. The van der Waals surface area contributed by atoms with Gasteiger partial charge in [0.1, 0.15) is 24.1 Å². The number of hydrogen-bond acceptors (Lipinski definition) is 14. The Balaban J connectivity index is 1.14. The highest BCUT2D eigenvalue weighted by molar-refractivity contribution is 8.60. The van der Waals surface area contributed by atoms with Crippen molar-refractivity contribution in [3.8, 4) is 0 Å². The maximum atomic E-state index is 16.1. The molecule has 6 heterocycles. The van der Waals surface area contributed by atoms with Crippen molar-refractivity contribution in [3.63, 3.8) is 0 Å². The lowest BCUT2D eigenvalue weighted by atomic mass is 9.70. The van der Waals surface area contributed by atoms with Crippen LogP contribution >= 0.6 is 35.9 Å².